The van der Waals surface area contributed by atoms with Gasteiger partial charge in [0, 0.05) is 5.56 Å². The average molecular weight is 176 g/mol. The fourth-order valence-electron chi connectivity index (χ4n) is 1.38. The van der Waals surface area contributed by atoms with Crippen molar-refractivity contribution < 1.29 is 0 Å². The van der Waals surface area contributed by atoms with Crippen molar-refractivity contribution in [3.05, 3.63) is 34.9 Å². The van der Waals surface area contributed by atoms with Crippen LogP contribution in [0.4, 0.5) is 0 Å². The fourth-order valence-corrected chi connectivity index (χ4v) is 1.38. The van der Waals surface area contributed by atoms with Gasteiger partial charge in [0.25, 0.3) is 0 Å². The van der Waals surface area contributed by atoms with E-state index in [0.717, 1.165) is 18.4 Å². The van der Waals surface area contributed by atoms with Crippen molar-refractivity contribution >= 4 is 5.84 Å². The zero-order valence-corrected chi connectivity index (χ0v) is 8.22. The predicted octanol–water partition coefficient (Wildman–Crippen LogP) is 2.23. The molecule has 0 spiro atoms. The third-order valence-corrected chi connectivity index (χ3v) is 2.18. The van der Waals surface area contributed by atoms with E-state index >= 15 is 0 Å². The molecule has 70 valence electrons. The molecular formula is C11H16N2. The van der Waals surface area contributed by atoms with Gasteiger partial charge in [-0.05, 0) is 30.5 Å². The Kier molecular flexibility index (Phi) is 3.07. The third-order valence-electron chi connectivity index (χ3n) is 2.18. The van der Waals surface area contributed by atoms with E-state index in [2.05, 4.69) is 13.8 Å². The van der Waals surface area contributed by atoms with Gasteiger partial charge in [-0.2, -0.15) is 0 Å². The number of nitrogens with two attached hydrogens (primary N) is 1. The highest BCUT2D eigenvalue weighted by molar-refractivity contribution is 5.95. The lowest BCUT2D eigenvalue weighted by atomic mass is 10.0. The van der Waals surface area contributed by atoms with Gasteiger partial charge in [-0.1, -0.05) is 25.5 Å². The standard InChI is InChI=1S/C11H16N2/c1-3-4-9-7-10(11(12)13)6-5-8(9)2/h5-7H,3-4H2,1-2H3,(H3,12,13). The maximum absolute atomic E-state index is 7.31. The fraction of sp³-hybridized carbons (Fsp3) is 0.364. The molecule has 0 aliphatic rings. The van der Waals surface area contributed by atoms with Gasteiger partial charge >= 0.3 is 0 Å². The van der Waals surface area contributed by atoms with E-state index in [4.69, 9.17) is 11.1 Å². The van der Waals surface area contributed by atoms with Crippen molar-refractivity contribution in [2.45, 2.75) is 26.7 Å². The van der Waals surface area contributed by atoms with Crippen molar-refractivity contribution in [3.8, 4) is 0 Å². The number of hydrogen-bond donors (Lipinski definition) is 2. The van der Waals surface area contributed by atoms with E-state index in [1.165, 1.54) is 11.1 Å². The Morgan fingerprint density at radius 1 is 1.46 bits per heavy atom. The van der Waals surface area contributed by atoms with E-state index in [1.807, 2.05) is 18.2 Å². The lowest BCUT2D eigenvalue weighted by Crippen LogP contribution is -2.11. The summed E-state index contributed by atoms with van der Waals surface area (Å²) in [5.41, 5.74) is 8.83. The van der Waals surface area contributed by atoms with Gasteiger partial charge < -0.3 is 5.73 Å². The highest BCUT2D eigenvalue weighted by Gasteiger charge is 2.01. The number of benzene rings is 1. The molecule has 1 aromatic rings. The Balaban J connectivity index is 3.03. The predicted molar refractivity (Wildman–Crippen MR) is 56.2 cm³/mol. The molecular weight excluding hydrogens is 160 g/mol. The van der Waals surface area contributed by atoms with Crippen LogP contribution in [0, 0.1) is 12.3 Å². The van der Waals surface area contributed by atoms with E-state index in [0.29, 0.717) is 0 Å². The molecule has 0 saturated carbocycles. The van der Waals surface area contributed by atoms with Crippen LogP contribution in [0.15, 0.2) is 18.2 Å². The number of rotatable bonds is 3. The molecule has 0 aromatic heterocycles. The van der Waals surface area contributed by atoms with Crippen LogP contribution < -0.4 is 5.73 Å². The van der Waals surface area contributed by atoms with Gasteiger partial charge in [0.2, 0.25) is 0 Å². The van der Waals surface area contributed by atoms with Gasteiger partial charge in [0.15, 0.2) is 0 Å². The van der Waals surface area contributed by atoms with Crippen molar-refractivity contribution in [2.75, 3.05) is 0 Å². The molecule has 0 bridgehead atoms. The van der Waals surface area contributed by atoms with Gasteiger partial charge in [-0.3, -0.25) is 5.41 Å². The minimum Gasteiger partial charge on any atom is -0.384 e. The Labute approximate surface area is 79.3 Å². The molecule has 0 fully saturated rings. The summed E-state index contributed by atoms with van der Waals surface area (Å²) < 4.78 is 0. The van der Waals surface area contributed by atoms with Crippen molar-refractivity contribution in [1.29, 1.82) is 5.41 Å². The number of hydrogen-bond acceptors (Lipinski definition) is 1. The molecule has 0 radical (unpaired) electrons. The third kappa shape index (κ3) is 2.31. The van der Waals surface area contributed by atoms with E-state index in [1.54, 1.807) is 0 Å². The molecule has 1 aromatic carbocycles. The minimum absolute atomic E-state index is 0.150. The van der Waals surface area contributed by atoms with Crippen LogP contribution in [0.3, 0.4) is 0 Å². The van der Waals surface area contributed by atoms with Crippen molar-refractivity contribution in [2.24, 2.45) is 5.73 Å². The molecule has 0 heterocycles. The Morgan fingerprint density at radius 2 is 2.15 bits per heavy atom. The summed E-state index contributed by atoms with van der Waals surface area (Å²) in [6.45, 7) is 4.24. The van der Waals surface area contributed by atoms with Gasteiger partial charge in [-0.15, -0.1) is 0 Å². The maximum Gasteiger partial charge on any atom is 0.122 e. The van der Waals surface area contributed by atoms with Crippen LogP contribution in [-0.4, -0.2) is 5.84 Å². The van der Waals surface area contributed by atoms with E-state index in [9.17, 15) is 0 Å². The molecule has 1 rings (SSSR count). The lowest BCUT2D eigenvalue weighted by molar-refractivity contribution is 0.912. The minimum atomic E-state index is 0.150. The first kappa shape index (κ1) is 9.78. The quantitative estimate of drug-likeness (QED) is 0.538. The van der Waals surface area contributed by atoms with Crippen LogP contribution in [0.5, 0.6) is 0 Å². The summed E-state index contributed by atoms with van der Waals surface area (Å²) >= 11 is 0. The Hall–Kier alpha value is -1.31. The molecule has 2 heteroatoms. The van der Waals surface area contributed by atoms with Crippen molar-refractivity contribution in [1.82, 2.24) is 0 Å². The first-order chi connectivity index (χ1) is 6.15. The molecule has 0 aliphatic carbocycles. The molecule has 0 aliphatic heterocycles. The summed E-state index contributed by atoms with van der Waals surface area (Å²) in [4.78, 5) is 0. The van der Waals surface area contributed by atoms with Gasteiger partial charge in [0.1, 0.15) is 5.84 Å². The van der Waals surface area contributed by atoms with E-state index < -0.39 is 0 Å². The van der Waals surface area contributed by atoms with Crippen LogP contribution in [0.25, 0.3) is 0 Å². The summed E-state index contributed by atoms with van der Waals surface area (Å²) in [6, 6.07) is 5.94. The molecule has 0 amide bonds. The molecule has 13 heavy (non-hydrogen) atoms. The second-order valence-corrected chi connectivity index (χ2v) is 3.30. The highest BCUT2D eigenvalue weighted by Crippen LogP contribution is 2.12. The smallest absolute Gasteiger partial charge is 0.122 e. The summed E-state index contributed by atoms with van der Waals surface area (Å²) in [6.07, 6.45) is 2.19. The van der Waals surface area contributed by atoms with Crippen LogP contribution >= 0.6 is 0 Å². The van der Waals surface area contributed by atoms with Gasteiger partial charge in [-0.25, -0.2) is 0 Å². The van der Waals surface area contributed by atoms with Crippen LogP contribution in [0.1, 0.15) is 30.0 Å². The molecule has 0 atom stereocenters. The number of nitrogens with one attached hydrogen (secondary N) is 1. The second-order valence-electron chi connectivity index (χ2n) is 3.30. The first-order valence-electron chi connectivity index (χ1n) is 4.59. The monoisotopic (exact) mass is 176 g/mol. The zero-order chi connectivity index (χ0) is 9.84. The Morgan fingerprint density at radius 3 is 2.69 bits per heavy atom. The Bertz CT molecular complexity index is 316. The summed E-state index contributed by atoms with van der Waals surface area (Å²) in [7, 11) is 0. The molecule has 0 unspecified atom stereocenters. The number of nitrogen functional groups attached to an aromatic ring is 1. The maximum atomic E-state index is 7.31. The topological polar surface area (TPSA) is 49.9 Å². The lowest BCUT2D eigenvalue weighted by Gasteiger charge is -2.06. The highest BCUT2D eigenvalue weighted by atomic mass is 14.7. The second kappa shape index (κ2) is 4.08. The molecule has 0 saturated heterocycles. The summed E-state index contributed by atoms with van der Waals surface area (Å²) in [5.74, 6) is 0.150. The van der Waals surface area contributed by atoms with Crippen molar-refractivity contribution in [3.63, 3.8) is 0 Å². The largest absolute Gasteiger partial charge is 0.384 e. The number of amidine groups is 1. The molecule has 3 N–H and O–H groups in total. The van der Waals surface area contributed by atoms with Gasteiger partial charge in [0.05, 0.1) is 0 Å². The number of aryl methyl sites for hydroxylation is 2. The SMILES string of the molecule is CCCc1cc(C(=N)N)ccc1C. The first-order valence-corrected chi connectivity index (χ1v) is 4.59. The van der Waals surface area contributed by atoms with E-state index in [-0.39, 0.29) is 5.84 Å². The summed E-state index contributed by atoms with van der Waals surface area (Å²) in [5, 5.41) is 7.31. The van der Waals surface area contributed by atoms with Crippen LogP contribution in [0.2, 0.25) is 0 Å². The van der Waals surface area contributed by atoms with Crippen LogP contribution in [-0.2, 0) is 6.42 Å². The molecule has 2 nitrogen and oxygen atoms in total. The average Bonchev–Trinajstić information content (AvgIpc) is 2.08. The zero-order valence-electron chi connectivity index (χ0n) is 8.22. The normalized spacial score (nSPS) is 10.0.